The minimum Gasteiger partial charge on any atom is -0.198 e. The van der Waals surface area contributed by atoms with Gasteiger partial charge in [-0.15, -0.1) is 0 Å². The zero-order valence-electron chi connectivity index (χ0n) is 22.1. The molecule has 0 spiro atoms. The van der Waals surface area contributed by atoms with Crippen molar-refractivity contribution in [1.82, 2.24) is 0 Å². The summed E-state index contributed by atoms with van der Waals surface area (Å²) in [7, 11) is 0. The van der Waals surface area contributed by atoms with Crippen LogP contribution in [0.3, 0.4) is 0 Å². The fourth-order valence-electron chi connectivity index (χ4n) is 5.69. The van der Waals surface area contributed by atoms with E-state index in [0.29, 0.717) is 5.92 Å². The van der Waals surface area contributed by atoms with Gasteiger partial charge in [-0.1, -0.05) is 121 Å². The lowest BCUT2D eigenvalue weighted by atomic mass is 9.77. The Morgan fingerprint density at radius 2 is 1.38 bits per heavy atom. The van der Waals surface area contributed by atoms with Crippen molar-refractivity contribution in [3.63, 3.8) is 0 Å². The second-order valence-electron chi connectivity index (χ2n) is 10.9. The molecule has 0 bridgehead atoms. The van der Waals surface area contributed by atoms with E-state index >= 15 is 0 Å². The van der Waals surface area contributed by atoms with E-state index < -0.39 is 0 Å². The molecular weight excluding hydrogens is 410 g/mol. The molecule has 2 aromatic rings. The largest absolute Gasteiger partial charge is 0.198 e. The van der Waals surface area contributed by atoms with E-state index in [1.54, 1.807) is 0 Å². The number of hydrogen-bond acceptors (Lipinski definition) is 1. The van der Waals surface area contributed by atoms with Crippen LogP contribution in [-0.2, 0) is 0 Å². The molecular formula is C33H47N. The average Bonchev–Trinajstić information content (AvgIpc) is 2.89. The highest BCUT2D eigenvalue weighted by Gasteiger charge is 2.22. The quantitative estimate of drug-likeness (QED) is 0.274. The highest BCUT2D eigenvalue weighted by molar-refractivity contribution is 5.64. The van der Waals surface area contributed by atoms with Crippen molar-refractivity contribution in [3.8, 4) is 17.2 Å². The Morgan fingerprint density at radius 1 is 0.794 bits per heavy atom. The van der Waals surface area contributed by atoms with E-state index in [4.69, 9.17) is 0 Å². The fraction of sp³-hybridized carbons (Fsp3) is 0.606. The molecule has 1 saturated carbocycles. The number of hydrogen-bond donors (Lipinski definition) is 0. The third kappa shape index (κ3) is 8.01. The predicted octanol–water partition coefficient (Wildman–Crippen LogP) is 10.4. The van der Waals surface area contributed by atoms with Gasteiger partial charge in [0.25, 0.3) is 0 Å². The lowest BCUT2D eigenvalue weighted by molar-refractivity contribution is 0.302. The van der Waals surface area contributed by atoms with Gasteiger partial charge in [-0.25, -0.2) is 0 Å². The molecule has 184 valence electrons. The summed E-state index contributed by atoms with van der Waals surface area (Å²) in [6, 6.07) is 20.5. The Kier molecular flexibility index (Phi) is 11.2. The molecule has 1 fully saturated rings. The number of unbranched alkanes of at least 4 members (excludes halogenated alkanes) is 5. The first-order valence-electron chi connectivity index (χ1n) is 14.2. The zero-order chi connectivity index (χ0) is 24.2. The standard InChI is InChI=1S/C33H47N/c1-4-6-7-8-9-10-11-27-12-14-28(15-13-27)29-16-18-30(19-17-29)31-20-22-32(23-21-31)33(25-34)24-26(3)5-2/h16-23,26-28,33H,4-15,24H2,1-3H3. The van der Waals surface area contributed by atoms with Crippen LogP contribution in [0.4, 0.5) is 0 Å². The lowest BCUT2D eigenvalue weighted by Crippen LogP contribution is -2.13. The van der Waals surface area contributed by atoms with E-state index in [-0.39, 0.29) is 5.92 Å². The molecule has 0 saturated heterocycles. The van der Waals surface area contributed by atoms with Gasteiger partial charge < -0.3 is 0 Å². The molecule has 2 aromatic carbocycles. The molecule has 2 unspecified atom stereocenters. The summed E-state index contributed by atoms with van der Waals surface area (Å²) in [5.41, 5.74) is 5.21. The van der Waals surface area contributed by atoms with Crippen molar-refractivity contribution in [2.45, 2.75) is 116 Å². The van der Waals surface area contributed by atoms with Crippen molar-refractivity contribution in [3.05, 3.63) is 59.7 Å². The molecule has 0 aromatic heterocycles. The maximum atomic E-state index is 9.61. The van der Waals surface area contributed by atoms with Crippen molar-refractivity contribution in [2.75, 3.05) is 0 Å². The molecule has 1 nitrogen and oxygen atoms in total. The van der Waals surface area contributed by atoms with Gasteiger partial charge >= 0.3 is 0 Å². The van der Waals surface area contributed by atoms with Crippen LogP contribution in [0.5, 0.6) is 0 Å². The van der Waals surface area contributed by atoms with Crippen LogP contribution in [0.15, 0.2) is 48.5 Å². The van der Waals surface area contributed by atoms with Gasteiger partial charge in [0.05, 0.1) is 12.0 Å². The maximum Gasteiger partial charge on any atom is 0.0715 e. The van der Waals surface area contributed by atoms with Gasteiger partial charge in [0, 0.05) is 0 Å². The Labute approximate surface area is 210 Å². The Hall–Kier alpha value is -2.07. The summed E-state index contributed by atoms with van der Waals surface area (Å²) >= 11 is 0. The molecule has 1 aliphatic carbocycles. The topological polar surface area (TPSA) is 23.8 Å². The second-order valence-corrected chi connectivity index (χ2v) is 10.9. The van der Waals surface area contributed by atoms with Crippen LogP contribution in [0.25, 0.3) is 11.1 Å². The van der Waals surface area contributed by atoms with Gasteiger partial charge in [-0.3, -0.25) is 0 Å². The Balaban J connectivity index is 1.47. The van der Waals surface area contributed by atoms with Crippen LogP contribution in [0.1, 0.15) is 127 Å². The van der Waals surface area contributed by atoms with E-state index in [1.165, 1.54) is 87.3 Å². The number of nitrogens with zero attached hydrogens (tertiary/aromatic N) is 1. The minimum atomic E-state index is 0.00237. The molecule has 1 aliphatic rings. The van der Waals surface area contributed by atoms with Gasteiger partial charge in [0.2, 0.25) is 0 Å². The SMILES string of the molecule is CCCCCCCCC1CCC(c2ccc(-c3ccc(C(C#N)CC(C)CC)cc3)cc2)CC1. The third-order valence-corrected chi connectivity index (χ3v) is 8.33. The van der Waals surface area contributed by atoms with E-state index in [2.05, 4.69) is 75.4 Å². The highest BCUT2D eigenvalue weighted by Crippen LogP contribution is 2.38. The maximum absolute atomic E-state index is 9.61. The van der Waals surface area contributed by atoms with E-state index in [9.17, 15) is 5.26 Å². The van der Waals surface area contributed by atoms with Gasteiger partial charge in [0.15, 0.2) is 0 Å². The fourth-order valence-corrected chi connectivity index (χ4v) is 5.69. The Morgan fingerprint density at radius 3 is 1.97 bits per heavy atom. The molecule has 0 N–H and O–H groups in total. The Bertz CT molecular complexity index is 849. The second kappa shape index (κ2) is 14.4. The lowest BCUT2D eigenvalue weighted by Gasteiger charge is -2.29. The van der Waals surface area contributed by atoms with Crippen LogP contribution in [0.2, 0.25) is 0 Å². The first kappa shape index (κ1) is 26.5. The normalized spacial score (nSPS) is 19.9. The average molecular weight is 458 g/mol. The van der Waals surface area contributed by atoms with Crippen LogP contribution < -0.4 is 0 Å². The summed E-state index contributed by atoms with van der Waals surface area (Å²) in [6.07, 6.45) is 17.6. The molecule has 0 amide bonds. The molecule has 2 atom stereocenters. The monoisotopic (exact) mass is 457 g/mol. The molecule has 0 aliphatic heterocycles. The van der Waals surface area contributed by atoms with Crippen molar-refractivity contribution in [1.29, 1.82) is 5.26 Å². The molecule has 1 heteroatoms. The first-order valence-corrected chi connectivity index (χ1v) is 14.2. The predicted molar refractivity (Wildman–Crippen MR) is 147 cm³/mol. The number of benzene rings is 2. The highest BCUT2D eigenvalue weighted by atomic mass is 14.3. The number of rotatable bonds is 13. The van der Waals surface area contributed by atoms with Crippen LogP contribution >= 0.6 is 0 Å². The number of nitriles is 1. The summed E-state index contributed by atoms with van der Waals surface area (Å²) < 4.78 is 0. The summed E-state index contributed by atoms with van der Waals surface area (Å²) in [6.45, 7) is 6.74. The van der Waals surface area contributed by atoms with Crippen LogP contribution in [0, 0.1) is 23.2 Å². The zero-order valence-corrected chi connectivity index (χ0v) is 22.1. The summed E-state index contributed by atoms with van der Waals surface area (Å²) in [5, 5.41) is 9.61. The van der Waals surface area contributed by atoms with Gasteiger partial charge in [-0.05, 0) is 72.1 Å². The molecule has 0 radical (unpaired) electrons. The molecule has 0 heterocycles. The molecule has 3 rings (SSSR count). The van der Waals surface area contributed by atoms with Crippen molar-refractivity contribution >= 4 is 0 Å². The molecule has 34 heavy (non-hydrogen) atoms. The first-order chi connectivity index (χ1) is 16.6. The van der Waals surface area contributed by atoms with Crippen LogP contribution in [-0.4, -0.2) is 0 Å². The smallest absolute Gasteiger partial charge is 0.0715 e. The van der Waals surface area contributed by atoms with Crippen molar-refractivity contribution in [2.24, 2.45) is 11.8 Å². The van der Waals surface area contributed by atoms with E-state index in [1.807, 2.05) is 0 Å². The third-order valence-electron chi connectivity index (χ3n) is 8.33. The van der Waals surface area contributed by atoms with Gasteiger partial charge in [-0.2, -0.15) is 5.26 Å². The van der Waals surface area contributed by atoms with E-state index in [0.717, 1.165) is 30.2 Å². The minimum absolute atomic E-state index is 0.00237. The summed E-state index contributed by atoms with van der Waals surface area (Å²) in [5.74, 6) is 2.30. The van der Waals surface area contributed by atoms with Gasteiger partial charge in [0.1, 0.15) is 0 Å². The van der Waals surface area contributed by atoms with Crippen molar-refractivity contribution < 1.29 is 0 Å². The summed E-state index contributed by atoms with van der Waals surface area (Å²) in [4.78, 5) is 0.